The van der Waals surface area contributed by atoms with E-state index in [1.807, 2.05) is 0 Å². The number of hydrogen-bond acceptors (Lipinski definition) is 4. The molecule has 142 valence electrons. The molecule has 6 nitrogen and oxygen atoms in total. The van der Waals surface area contributed by atoms with Crippen LogP contribution in [-0.4, -0.2) is 32.2 Å². The molecule has 3 rings (SSSR count). The Morgan fingerprint density at radius 3 is 2.44 bits per heavy atom. The molecule has 0 atom stereocenters. The summed E-state index contributed by atoms with van der Waals surface area (Å²) in [6.07, 6.45) is 1.61. The Hall–Kier alpha value is -3.29. The third kappa shape index (κ3) is 3.51. The number of ether oxygens (including phenoxy) is 3. The van der Waals surface area contributed by atoms with E-state index < -0.39 is 17.5 Å². The van der Waals surface area contributed by atoms with Crippen molar-refractivity contribution in [2.75, 3.05) is 26.6 Å². The van der Waals surface area contributed by atoms with Gasteiger partial charge in [0.05, 0.1) is 39.0 Å². The number of rotatable bonds is 6. The number of nitrogens with one attached hydrogen (secondary N) is 2. The normalized spacial score (nSPS) is 10.7. The minimum Gasteiger partial charge on any atom is -0.493 e. The van der Waals surface area contributed by atoms with Crippen LogP contribution in [0.5, 0.6) is 17.2 Å². The second-order valence-electron chi connectivity index (χ2n) is 5.73. The molecule has 1 aromatic heterocycles. The molecule has 0 radical (unpaired) electrons. The van der Waals surface area contributed by atoms with Crippen molar-refractivity contribution >= 4 is 22.5 Å². The molecule has 2 aromatic carbocycles. The maximum Gasteiger partial charge on any atom is 0.228 e. The summed E-state index contributed by atoms with van der Waals surface area (Å²) in [5.41, 5.74) is 1.23. The van der Waals surface area contributed by atoms with E-state index in [0.29, 0.717) is 39.8 Å². The monoisotopic (exact) mass is 376 g/mol. The van der Waals surface area contributed by atoms with Crippen LogP contribution in [0.3, 0.4) is 0 Å². The molecule has 8 heteroatoms. The molecule has 1 heterocycles. The highest BCUT2D eigenvalue weighted by atomic mass is 19.1. The van der Waals surface area contributed by atoms with Gasteiger partial charge in [-0.3, -0.25) is 4.79 Å². The van der Waals surface area contributed by atoms with Gasteiger partial charge in [0.2, 0.25) is 11.7 Å². The number of fused-ring (bicyclic) bond motifs is 1. The Balaban J connectivity index is 1.94. The summed E-state index contributed by atoms with van der Waals surface area (Å²) in [5.74, 6) is -0.715. The van der Waals surface area contributed by atoms with Crippen LogP contribution in [0.2, 0.25) is 0 Å². The van der Waals surface area contributed by atoms with Gasteiger partial charge in [-0.1, -0.05) is 0 Å². The molecule has 0 saturated carbocycles. The number of methoxy groups -OCH3 is 3. The molecule has 0 saturated heterocycles. The van der Waals surface area contributed by atoms with Crippen LogP contribution in [-0.2, 0) is 11.2 Å². The van der Waals surface area contributed by atoms with Gasteiger partial charge in [0, 0.05) is 23.7 Å². The summed E-state index contributed by atoms with van der Waals surface area (Å²) < 4.78 is 42.9. The van der Waals surface area contributed by atoms with Gasteiger partial charge >= 0.3 is 0 Å². The van der Waals surface area contributed by atoms with Crippen molar-refractivity contribution in [2.45, 2.75) is 6.42 Å². The third-order valence-corrected chi connectivity index (χ3v) is 4.11. The first kappa shape index (κ1) is 18.5. The smallest absolute Gasteiger partial charge is 0.228 e. The Morgan fingerprint density at radius 1 is 1.07 bits per heavy atom. The Morgan fingerprint density at radius 2 is 1.81 bits per heavy atom. The van der Waals surface area contributed by atoms with E-state index in [1.165, 1.54) is 27.4 Å². The molecule has 3 aromatic rings. The van der Waals surface area contributed by atoms with E-state index in [0.717, 1.165) is 6.07 Å². The van der Waals surface area contributed by atoms with Crippen molar-refractivity contribution in [3.05, 3.63) is 47.7 Å². The lowest BCUT2D eigenvalue weighted by Crippen LogP contribution is -2.15. The van der Waals surface area contributed by atoms with Gasteiger partial charge in [0.15, 0.2) is 11.5 Å². The summed E-state index contributed by atoms with van der Waals surface area (Å²) >= 11 is 0. The first-order valence-electron chi connectivity index (χ1n) is 8.02. The van der Waals surface area contributed by atoms with Crippen LogP contribution in [0.1, 0.15) is 5.56 Å². The predicted molar refractivity (Wildman–Crippen MR) is 96.6 cm³/mol. The number of aromatic amines is 1. The first-order chi connectivity index (χ1) is 13.0. The summed E-state index contributed by atoms with van der Waals surface area (Å²) in [6, 6.07) is 4.69. The minimum atomic E-state index is -0.841. The Labute approximate surface area is 154 Å². The molecular formula is C19H18F2N2O4. The minimum absolute atomic E-state index is 0.0529. The van der Waals surface area contributed by atoms with Crippen LogP contribution in [0.25, 0.3) is 10.9 Å². The van der Waals surface area contributed by atoms with Crippen molar-refractivity contribution in [1.82, 2.24) is 4.98 Å². The number of carbonyl (C=O) groups is 1. The molecule has 0 spiro atoms. The summed E-state index contributed by atoms with van der Waals surface area (Å²) in [6.45, 7) is 0. The highest BCUT2D eigenvalue weighted by molar-refractivity contribution is 5.99. The topological polar surface area (TPSA) is 72.6 Å². The standard InChI is InChI=1S/C19H18F2N2O4/c1-25-15-8-14-17(19(27-3)18(15)26-2)10(9-22-14)6-16(24)23-13-5-4-11(20)7-12(13)21/h4-5,7-9,22H,6H2,1-3H3,(H,23,24). The van der Waals surface area contributed by atoms with Gasteiger partial charge in [-0.25, -0.2) is 8.78 Å². The van der Waals surface area contributed by atoms with Gasteiger partial charge in [-0.05, 0) is 17.7 Å². The zero-order chi connectivity index (χ0) is 19.6. The van der Waals surface area contributed by atoms with Gasteiger partial charge in [0.1, 0.15) is 11.6 Å². The van der Waals surface area contributed by atoms with Crippen LogP contribution in [0, 0.1) is 11.6 Å². The quantitative estimate of drug-likeness (QED) is 0.689. The average molecular weight is 376 g/mol. The molecule has 0 aliphatic carbocycles. The van der Waals surface area contributed by atoms with Gasteiger partial charge in [-0.2, -0.15) is 0 Å². The maximum absolute atomic E-state index is 13.7. The van der Waals surface area contributed by atoms with Crippen LogP contribution in [0.4, 0.5) is 14.5 Å². The van der Waals surface area contributed by atoms with Crippen molar-refractivity contribution in [3.63, 3.8) is 0 Å². The molecule has 0 bridgehead atoms. The van der Waals surface area contributed by atoms with Crippen molar-refractivity contribution in [3.8, 4) is 17.2 Å². The van der Waals surface area contributed by atoms with Crippen LogP contribution >= 0.6 is 0 Å². The largest absolute Gasteiger partial charge is 0.493 e. The number of hydrogen-bond donors (Lipinski definition) is 2. The van der Waals surface area contributed by atoms with E-state index >= 15 is 0 Å². The molecule has 1 amide bonds. The SMILES string of the molecule is COc1cc2[nH]cc(CC(=O)Nc3ccc(F)cc3F)c2c(OC)c1OC. The van der Waals surface area contributed by atoms with Crippen molar-refractivity contribution in [1.29, 1.82) is 0 Å². The zero-order valence-electron chi connectivity index (χ0n) is 15.0. The first-order valence-corrected chi connectivity index (χ1v) is 8.02. The molecular weight excluding hydrogens is 358 g/mol. The highest BCUT2D eigenvalue weighted by Gasteiger charge is 2.21. The second-order valence-corrected chi connectivity index (χ2v) is 5.73. The molecule has 0 fully saturated rings. The summed E-state index contributed by atoms with van der Waals surface area (Å²) in [5, 5.41) is 3.10. The zero-order valence-corrected chi connectivity index (χ0v) is 15.0. The lowest BCUT2D eigenvalue weighted by Gasteiger charge is -2.14. The third-order valence-electron chi connectivity index (χ3n) is 4.11. The number of anilines is 1. The molecule has 2 N–H and O–H groups in total. The molecule has 0 aliphatic rings. The second kappa shape index (κ2) is 7.53. The van der Waals surface area contributed by atoms with E-state index in [9.17, 15) is 13.6 Å². The number of aromatic nitrogens is 1. The molecule has 0 unspecified atom stereocenters. The van der Waals surface area contributed by atoms with E-state index in [4.69, 9.17) is 14.2 Å². The Bertz CT molecular complexity index is 1000. The van der Waals surface area contributed by atoms with E-state index in [-0.39, 0.29) is 12.1 Å². The fourth-order valence-electron chi connectivity index (χ4n) is 2.92. The van der Waals surface area contributed by atoms with E-state index in [1.54, 1.807) is 12.3 Å². The lowest BCUT2D eigenvalue weighted by atomic mass is 10.1. The number of amides is 1. The van der Waals surface area contributed by atoms with Crippen LogP contribution < -0.4 is 19.5 Å². The van der Waals surface area contributed by atoms with Crippen molar-refractivity contribution < 1.29 is 27.8 Å². The fraction of sp³-hybridized carbons (Fsp3) is 0.211. The maximum atomic E-state index is 13.7. The molecule has 27 heavy (non-hydrogen) atoms. The highest BCUT2D eigenvalue weighted by Crippen LogP contribution is 2.44. The van der Waals surface area contributed by atoms with Crippen LogP contribution in [0.15, 0.2) is 30.5 Å². The van der Waals surface area contributed by atoms with Crippen molar-refractivity contribution in [2.24, 2.45) is 0 Å². The lowest BCUT2D eigenvalue weighted by molar-refractivity contribution is -0.115. The number of H-pyrrole nitrogens is 1. The summed E-state index contributed by atoms with van der Waals surface area (Å²) in [7, 11) is 4.49. The average Bonchev–Trinajstić information content (AvgIpc) is 3.04. The van der Waals surface area contributed by atoms with Gasteiger partial charge in [0.25, 0.3) is 0 Å². The number of halogens is 2. The van der Waals surface area contributed by atoms with Gasteiger partial charge in [-0.15, -0.1) is 0 Å². The summed E-state index contributed by atoms with van der Waals surface area (Å²) in [4.78, 5) is 15.4. The number of benzene rings is 2. The predicted octanol–water partition coefficient (Wildman–Crippen LogP) is 3.65. The molecule has 0 aliphatic heterocycles. The Kier molecular flexibility index (Phi) is 5.16. The number of carbonyl (C=O) groups excluding carboxylic acids is 1. The fourth-order valence-corrected chi connectivity index (χ4v) is 2.92. The van der Waals surface area contributed by atoms with Gasteiger partial charge < -0.3 is 24.5 Å². The van der Waals surface area contributed by atoms with E-state index in [2.05, 4.69) is 10.3 Å².